The highest BCUT2D eigenvalue weighted by Crippen LogP contribution is 2.34. The second kappa shape index (κ2) is 8.04. The predicted molar refractivity (Wildman–Crippen MR) is 85.1 cm³/mol. The number of aliphatic hydroxyl groups excluding tert-OH is 1. The summed E-state index contributed by atoms with van der Waals surface area (Å²) in [5.74, 6) is -2.05. The SMILES string of the molecule is Nc1cc([N+](=O)[O-])cc(S(=O)(=O)CCC(=O)O)c1C(N)CCCO. The number of rotatable bonds is 9. The molecular formula is C13H19N3O7S. The van der Waals surface area contributed by atoms with Crippen molar-refractivity contribution in [2.75, 3.05) is 18.1 Å². The average Bonchev–Trinajstić information content (AvgIpc) is 2.49. The topological polar surface area (TPSA) is 187 Å². The van der Waals surface area contributed by atoms with Crippen LogP contribution in [-0.4, -0.2) is 41.9 Å². The summed E-state index contributed by atoms with van der Waals surface area (Å²) >= 11 is 0. The molecule has 1 unspecified atom stereocenters. The number of carbonyl (C=O) groups is 1. The summed E-state index contributed by atoms with van der Waals surface area (Å²) in [4.78, 5) is 20.3. The molecule has 1 aromatic carbocycles. The van der Waals surface area contributed by atoms with Crippen molar-refractivity contribution in [3.8, 4) is 0 Å². The van der Waals surface area contributed by atoms with E-state index < -0.39 is 49.5 Å². The van der Waals surface area contributed by atoms with Gasteiger partial charge in [0.05, 0.1) is 22.0 Å². The fourth-order valence-corrected chi connectivity index (χ4v) is 3.75. The van der Waals surface area contributed by atoms with E-state index in [-0.39, 0.29) is 30.7 Å². The molecule has 0 aliphatic rings. The molecule has 0 fully saturated rings. The standard InChI is InChI=1S/C13H19N3O7S/c14-9(2-1-4-17)13-10(15)6-8(16(20)21)7-11(13)24(22,23)5-3-12(18)19/h6-7,9,17H,1-5,14-15H2,(H,18,19). The van der Waals surface area contributed by atoms with Crippen molar-refractivity contribution in [1.82, 2.24) is 0 Å². The van der Waals surface area contributed by atoms with E-state index in [2.05, 4.69) is 0 Å². The lowest BCUT2D eigenvalue weighted by Gasteiger charge is -2.18. The van der Waals surface area contributed by atoms with Crippen molar-refractivity contribution >= 4 is 27.2 Å². The van der Waals surface area contributed by atoms with Gasteiger partial charge in [-0.1, -0.05) is 0 Å². The Morgan fingerprint density at radius 2 is 2.00 bits per heavy atom. The second-order valence-electron chi connectivity index (χ2n) is 5.14. The zero-order valence-electron chi connectivity index (χ0n) is 12.7. The summed E-state index contributed by atoms with van der Waals surface area (Å²) in [6.07, 6.45) is -0.164. The lowest BCUT2D eigenvalue weighted by Crippen LogP contribution is -2.20. The first-order valence-corrected chi connectivity index (χ1v) is 8.64. The molecule has 0 amide bonds. The van der Waals surface area contributed by atoms with Gasteiger partial charge < -0.3 is 21.7 Å². The van der Waals surface area contributed by atoms with Crippen LogP contribution in [0.4, 0.5) is 11.4 Å². The number of aliphatic carboxylic acids is 1. The number of nitrogen functional groups attached to an aromatic ring is 1. The number of carboxylic acids is 1. The minimum atomic E-state index is -4.14. The lowest BCUT2D eigenvalue weighted by molar-refractivity contribution is -0.385. The van der Waals surface area contributed by atoms with E-state index in [0.717, 1.165) is 12.1 Å². The minimum Gasteiger partial charge on any atom is -0.481 e. The average molecular weight is 361 g/mol. The number of nitrogens with zero attached hydrogens (tertiary/aromatic N) is 1. The Labute approximate surface area is 138 Å². The van der Waals surface area contributed by atoms with Crippen LogP contribution in [0.25, 0.3) is 0 Å². The molecule has 24 heavy (non-hydrogen) atoms. The zero-order chi connectivity index (χ0) is 18.5. The van der Waals surface area contributed by atoms with E-state index in [4.69, 9.17) is 21.7 Å². The summed E-state index contributed by atoms with van der Waals surface area (Å²) in [5, 5.41) is 28.5. The minimum absolute atomic E-state index is 0.000520. The molecule has 1 aromatic rings. The number of benzene rings is 1. The summed E-state index contributed by atoms with van der Waals surface area (Å²) in [6.45, 7) is -0.165. The second-order valence-corrected chi connectivity index (χ2v) is 7.22. The van der Waals surface area contributed by atoms with Crippen LogP contribution in [0, 0.1) is 10.1 Å². The molecule has 0 aromatic heterocycles. The monoisotopic (exact) mass is 361 g/mol. The van der Waals surface area contributed by atoms with Crippen molar-refractivity contribution < 1.29 is 28.3 Å². The smallest absolute Gasteiger partial charge is 0.304 e. The van der Waals surface area contributed by atoms with Crippen molar-refractivity contribution in [2.45, 2.75) is 30.2 Å². The van der Waals surface area contributed by atoms with Crippen LogP contribution in [0.5, 0.6) is 0 Å². The summed E-state index contributed by atoms with van der Waals surface area (Å²) in [6, 6.07) is 0.971. The van der Waals surface area contributed by atoms with Gasteiger partial charge in [-0.15, -0.1) is 0 Å². The van der Waals surface area contributed by atoms with Gasteiger partial charge in [-0.3, -0.25) is 14.9 Å². The summed E-state index contributed by atoms with van der Waals surface area (Å²) in [7, 11) is -4.14. The molecular weight excluding hydrogens is 342 g/mol. The maximum absolute atomic E-state index is 12.4. The lowest BCUT2D eigenvalue weighted by atomic mass is 10.0. The van der Waals surface area contributed by atoms with Crippen molar-refractivity contribution in [3.63, 3.8) is 0 Å². The third-order valence-electron chi connectivity index (χ3n) is 3.33. The Hall–Kier alpha value is -2.24. The number of anilines is 1. The summed E-state index contributed by atoms with van der Waals surface area (Å²) < 4.78 is 24.8. The third-order valence-corrected chi connectivity index (χ3v) is 5.08. The Morgan fingerprint density at radius 3 is 2.50 bits per heavy atom. The Balaban J connectivity index is 3.46. The van der Waals surface area contributed by atoms with Gasteiger partial charge in [0.25, 0.3) is 5.69 Å². The molecule has 6 N–H and O–H groups in total. The van der Waals surface area contributed by atoms with Crippen molar-refractivity contribution in [3.05, 3.63) is 27.8 Å². The molecule has 0 bridgehead atoms. The molecule has 0 spiro atoms. The first kappa shape index (κ1) is 19.8. The van der Waals surface area contributed by atoms with Gasteiger partial charge in [-0.05, 0) is 12.8 Å². The normalized spacial score (nSPS) is 12.8. The maximum Gasteiger partial charge on any atom is 0.304 e. The van der Waals surface area contributed by atoms with Crippen LogP contribution in [0.3, 0.4) is 0 Å². The van der Waals surface area contributed by atoms with E-state index in [9.17, 15) is 23.3 Å². The number of aliphatic hydroxyl groups is 1. The van der Waals surface area contributed by atoms with Gasteiger partial charge in [0.1, 0.15) is 0 Å². The number of nitro benzene ring substituents is 1. The van der Waals surface area contributed by atoms with Crippen LogP contribution < -0.4 is 11.5 Å². The zero-order valence-corrected chi connectivity index (χ0v) is 13.5. The molecule has 0 radical (unpaired) electrons. The largest absolute Gasteiger partial charge is 0.481 e. The fraction of sp³-hybridized carbons (Fsp3) is 0.462. The van der Waals surface area contributed by atoms with Crippen LogP contribution in [-0.2, 0) is 14.6 Å². The van der Waals surface area contributed by atoms with Crippen LogP contribution in [0.15, 0.2) is 17.0 Å². The van der Waals surface area contributed by atoms with Crippen LogP contribution in [0.2, 0.25) is 0 Å². The van der Waals surface area contributed by atoms with Gasteiger partial charge >= 0.3 is 5.97 Å². The van der Waals surface area contributed by atoms with Crippen molar-refractivity contribution in [2.24, 2.45) is 5.73 Å². The molecule has 134 valence electrons. The molecule has 0 saturated carbocycles. The number of carboxylic acid groups (broad SMARTS) is 1. The highest BCUT2D eigenvalue weighted by atomic mass is 32.2. The number of non-ortho nitro benzene ring substituents is 1. The van der Waals surface area contributed by atoms with Gasteiger partial charge in [0.15, 0.2) is 9.84 Å². The molecule has 1 rings (SSSR count). The third kappa shape index (κ3) is 4.88. The first-order valence-electron chi connectivity index (χ1n) is 6.99. The predicted octanol–water partition coefficient (Wildman–Crippen LogP) is 0.198. The highest BCUT2D eigenvalue weighted by molar-refractivity contribution is 7.91. The summed E-state index contributed by atoms with van der Waals surface area (Å²) in [5.41, 5.74) is 11.0. The quantitative estimate of drug-likeness (QED) is 0.270. The van der Waals surface area contributed by atoms with Crippen LogP contribution in [0.1, 0.15) is 30.9 Å². The van der Waals surface area contributed by atoms with Gasteiger partial charge in [0, 0.05) is 36.0 Å². The van der Waals surface area contributed by atoms with E-state index in [1.807, 2.05) is 0 Å². The molecule has 10 nitrogen and oxygen atoms in total. The number of hydrogen-bond donors (Lipinski definition) is 4. The fourth-order valence-electron chi connectivity index (χ4n) is 2.18. The molecule has 0 heterocycles. The number of hydrogen-bond acceptors (Lipinski definition) is 8. The molecule has 0 saturated heterocycles. The van der Waals surface area contributed by atoms with Crippen LogP contribution >= 0.6 is 0 Å². The Bertz CT molecular complexity index is 733. The molecule has 1 atom stereocenters. The van der Waals surface area contributed by atoms with Gasteiger partial charge in [0.2, 0.25) is 0 Å². The number of nitrogens with two attached hydrogens (primary N) is 2. The first-order chi connectivity index (χ1) is 11.1. The number of nitro groups is 1. The number of sulfone groups is 1. The maximum atomic E-state index is 12.4. The molecule has 0 aliphatic heterocycles. The Morgan fingerprint density at radius 1 is 1.38 bits per heavy atom. The van der Waals surface area contributed by atoms with E-state index >= 15 is 0 Å². The molecule has 11 heteroatoms. The van der Waals surface area contributed by atoms with E-state index in [1.54, 1.807) is 0 Å². The van der Waals surface area contributed by atoms with Gasteiger partial charge in [-0.2, -0.15) is 0 Å². The molecule has 0 aliphatic carbocycles. The highest BCUT2D eigenvalue weighted by Gasteiger charge is 2.28. The van der Waals surface area contributed by atoms with Crippen molar-refractivity contribution in [1.29, 1.82) is 0 Å². The van der Waals surface area contributed by atoms with E-state index in [0.29, 0.717) is 0 Å². The van der Waals surface area contributed by atoms with E-state index in [1.165, 1.54) is 0 Å². The van der Waals surface area contributed by atoms with Gasteiger partial charge in [-0.25, -0.2) is 8.42 Å². The Kier molecular flexibility index (Phi) is 6.63.